The number of amides is 2. The van der Waals surface area contributed by atoms with Crippen molar-refractivity contribution in [2.24, 2.45) is 5.92 Å². The van der Waals surface area contributed by atoms with Crippen molar-refractivity contribution in [1.82, 2.24) is 15.1 Å². The number of hydrogen-bond donors (Lipinski definition) is 3. The Morgan fingerprint density at radius 2 is 1.95 bits per heavy atom. The molecule has 2 amide bonds. The van der Waals surface area contributed by atoms with Gasteiger partial charge in [0.25, 0.3) is 0 Å². The molecule has 3 N–H and O–H groups in total. The quantitative estimate of drug-likeness (QED) is 0.326. The van der Waals surface area contributed by atoms with E-state index in [9.17, 15) is 24.9 Å². The Labute approximate surface area is 225 Å². The van der Waals surface area contributed by atoms with Gasteiger partial charge in [0.2, 0.25) is 5.91 Å². The monoisotopic (exact) mass is 526 g/mol. The molecule has 0 saturated carbocycles. The summed E-state index contributed by atoms with van der Waals surface area (Å²) in [5.41, 5.74) is 0.513. The molecule has 0 aromatic heterocycles. The second kappa shape index (κ2) is 14.3. The third kappa shape index (κ3) is 8.84. The van der Waals surface area contributed by atoms with Crippen LogP contribution in [0, 0.1) is 17.2 Å². The predicted molar refractivity (Wildman–Crippen MR) is 143 cm³/mol. The average molecular weight is 526 g/mol. The standard InChI is InChI=1S/C27H39BN4O6/c1-27(2,32-14-16-37-17-15-32)12-11-22(19-29)25(33)31-13-7-6-10-23(20-31)38-26(34)30-24(28(35)36)18-21-8-4-3-5-9-21/h3-5,8-9,11-12,22-24,35-36H,6-7,10,13-18,20H2,1-2H3,(H,30,34)/b12-11+/t22?,23-,24+/m1/s1. The number of likely N-dealkylation sites (tertiary alicyclic amines) is 1. The van der Waals surface area contributed by atoms with E-state index < -0.39 is 31.2 Å². The molecule has 3 rings (SSSR count). The van der Waals surface area contributed by atoms with Gasteiger partial charge in [0.05, 0.1) is 31.8 Å². The Bertz CT molecular complexity index is 978. The highest BCUT2D eigenvalue weighted by Crippen LogP contribution is 2.21. The Kier molecular flexibility index (Phi) is 11.2. The van der Waals surface area contributed by atoms with E-state index in [4.69, 9.17) is 9.47 Å². The van der Waals surface area contributed by atoms with Crippen LogP contribution in [0.2, 0.25) is 0 Å². The number of rotatable bonds is 9. The largest absolute Gasteiger partial charge is 0.475 e. The van der Waals surface area contributed by atoms with Gasteiger partial charge in [-0.15, -0.1) is 0 Å². The summed E-state index contributed by atoms with van der Waals surface area (Å²) >= 11 is 0. The minimum absolute atomic E-state index is 0.177. The van der Waals surface area contributed by atoms with E-state index >= 15 is 0 Å². The minimum Gasteiger partial charge on any atom is -0.444 e. The van der Waals surface area contributed by atoms with Gasteiger partial charge in [-0.2, -0.15) is 5.26 Å². The predicted octanol–water partition coefficient (Wildman–Crippen LogP) is 1.52. The van der Waals surface area contributed by atoms with Gasteiger partial charge in [0, 0.05) is 25.2 Å². The van der Waals surface area contributed by atoms with E-state index in [-0.39, 0.29) is 24.4 Å². The van der Waals surface area contributed by atoms with Crippen molar-refractivity contribution in [3.05, 3.63) is 48.0 Å². The van der Waals surface area contributed by atoms with Gasteiger partial charge in [-0.25, -0.2) is 4.79 Å². The van der Waals surface area contributed by atoms with E-state index in [0.29, 0.717) is 26.2 Å². The van der Waals surface area contributed by atoms with E-state index in [0.717, 1.165) is 31.5 Å². The van der Waals surface area contributed by atoms with Crippen LogP contribution in [0.3, 0.4) is 0 Å². The van der Waals surface area contributed by atoms with E-state index in [1.807, 2.05) is 36.4 Å². The first-order chi connectivity index (χ1) is 18.2. The fourth-order valence-corrected chi connectivity index (χ4v) is 4.79. The Balaban J connectivity index is 1.58. The third-order valence-corrected chi connectivity index (χ3v) is 7.10. The Hall–Kier alpha value is -2.91. The molecule has 2 saturated heterocycles. The van der Waals surface area contributed by atoms with Gasteiger partial charge in [-0.05, 0) is 45.1 Å². The summed E-state index contributed by atoms with van der Waals surface area (Å²) in [7, 11) is -1.76. The van der Waals surface area contributed by atoms with Crippen LogP contribution in [-0.4, -0.2) is 95.9 Å². The number of nitrogens with one attached hydrogen (secondary N) is 1. The van der Waals surface area contributed by atoms with Crippen molar-refractivity contribution in [2.75, 3.05) is 39.4 Å². The van der Waals surface area contributed by atoms with Gasteiger partial charge in [-0.1, -0.05) is 42.5 Å². The molecule has 1 aromatic carbocycles. The molecule has 10 nitrogen and oxygen atoms in total. The highest BCUT2D eigenvalue weighted by molar-refractivity contribution is 6.43. The zero-order valence-corrected chi connectivity index (χ0v) is 22.3. The molecule has 2 aliphatic heterocycles. The minimum atomic E-state index is -1.76. The van der Waals surface area contributed by atoms with Crippen molar-refractivity contribution < 1.29 is 29.1 Å². The van der Waals surface area contributed by atoms with Crippen molar-refractivity contribution in [2.45, 2.75) is 57.1 Å². The van der Waals surface area contributed by atoms with Crippen LogP contribution in [0.15, 0.2) is 42.5 Å². The van der Waals surface area contributed by atoms with Crippen LogP contribution < -0.4 is 5.32 Å². The average Bonchev–Trinajstić information content (AvgIpc) is 3.15. The summed E-state index contributed by atoms with van der Waals surface area (Å²) < 4.78 is 11.0. The number of ether oxygens (including phenoxy) is 2. The van der Waals surface area contributed by atoms with Crippen LogP contribution in [0.1, 0.15) is 38.7 Å². The lowest BCUT2D eigenvalue weighted by Gasteiger charge is -2.39. The molecule has 0 radical (unpaired) electrons. The number of benzene rings is 1. The topological polar surface area (TPSA) is 135 Å². The molecule has 0 bridgehead atoms. The first kappa shape index (κ1) is 29.6. The van der Waals surface area contributed by atoms with E-state index in [1.54, 1.807) is 11.0 Å². The van der Waals surface area contributed by atoms with Gasteiger partial charge in [0.1, 0.15) is 12.0 Å². The summed E-state index contributed by atoms with van der Waals surface area (Å²) in [5.74, 6) is -2.20. The van der Waals surface area contributed by atoms with Crippen LogP contribution in [0.5, 0.6) is 0 Å². The SMILES string of the molecule is CC(C)(/C=C/C(C#N)C(=O)N1CCCC[C@@H](OC(=O)N[C@@H](Cc2ccccc2)B(O)O)C1)N1CCOCC1. The summed E-state index contributed by atoms with van der Waals surface area (Å²) in [5, 5.41) is 31.8. The maximum Gasteiger partial charge on any atom is 0.475 e. The second-order valence-electron chi connectivity index (χ2n) is 10.4. The molecule has 1 aromatic rings. The molecule has 2 aliphatic rings. The first-order valence-electron chi connectivity index (χ1n) is 13.3. The van der Waals surface area contributed by atoms with E-state index in [1.165, 1.54) is 0 Å². The fraction of sp³-hybridized carbons (Fsp3) is 0.593. The molecule has 11 heteroatoms. The number of morpholine rings is 1. The molecular formula is C27H39BN4O6. The molecule has 206 valence electrons. The lowest BCUT2D eigenvalue weighted by Crippen LogP contribution is -2.49. The summed E-state index contributed by atoms with van der Waals surface area (Å²) in [6.07, 6.45) is 4.53. The lowest BCUT2D eigenvalue weighted by molar-refractivity contribution is -0.133. The molecular weight excluding hydrogens is 487 g/mol. The number of hydrogen-bond acceptors (Lipinski definition) is 8. The third-order valence-electron chi connectivity index (χ3n) is 7.10. The molecule has 1 unspecified atom stereocenters. The zero-order chi connectivity index (χ0) is 27.5. The molecule has 3 atom stereocenters. The number of carbonyl (C=O) groups excluding carboxylic acids is 2. The molecule has 0 spiro atoms. The maximum atomic E-state index is 13.3. The maximum absolute atomic E-state index is 13.3. The van der Waals surface area contributed by atoms with Gasteiger partial charge >= 0.3 is 13.2 Å². The smallest absolute Gasteiger partial charge is 0.444 e. The summed E-state index contributed by atoms with van der Waals surface area (Å²) in [6.45, 7) is 7.65. The number of nitriles is 1. The lowest BCUT2D eigenvalue weighted by atomic mass is 9.76. The normalized spacial score (nSPS) is 20.7. The van der Waals surface area contributed by atoms with Crippen molar-refractivity contribution in [1.29, 1.82) is 5.26 Å². The van der Waals surface area contributed by atoms with Crippen LogP contribution in [0.25, 0.3) is 0 Å². The Morgan fingerprint density at radius 3 is 2.61 bits per heavy atom. The van der Waals surface area contributed by atoms with Crippen LogP contribution in [-0.2, 0) is 20.7 Å². The van der Waals surface area contributed by atoms with Crippen molar-refractivity contribution >= 4 is 19.1 Å². The summed E-state index contributed by atoms with van der Waals surface area (Å²) in [4.78, 5) is 29.7. The molecule has 0 aliphatic carbocycles. The van der Waals surface area contributed by atoms with Crippen molar-refractivity contribution in [3.63, 3.8) is 0 Å². The number of nitrogens with zero attached hydrogens (tertiary/aromatic N) is 3. The van der Waals surface area contributed by atoms with Gasteiger partial charge < -0.3 is 29.7 Å². The Morgan fingerprint density at radius 1 is 1.24 bits per heavy atom. The van der Waals surface area contributed by atoms with Crippen molar-refractivity contribution in [3.8, 4) is 6.07 Å². The second-order valence-corrected chi connectivity index (χ2v) is 10.4. The molecule has 2 heterocycles. The van der Waals surface area contributed by atoms with E-state index in [2.05, 4.69) is 30.1 Å². The van der Waals surface area contributed by atoms with Crippen LogP contribution in [0.4, 0.5) is 4.79 Å². The molecule has 2 fully saturated rings. The highest BCUT2D eigenvalue weighted by atomic mass is 16.6. The first-order valence-corrected chi connectivity index (χ1v) is 13.3. The zero-order valence-electron chi connectivity index (χ0n) is 22.3. The molecule has 38 heavy (non-hydrogen) atoms. The van der Waals surface area contributed by atoms with Gasteiger partial charge in [0.15, 0.2) is 0 Å². The highest BCUT2D eigenvalue weighted by Gasteiger charge is 2.32. The fourth-order valence-electron chi connectivity index (χ4n) is 4.79. The van der Waals surface area contributed by atoms with Gasteiger partial charge in [-0.3, -0.25) is 9.69 Å². The summed E-state index contributed by atoms with van der Waals surface area (Å²) in [6, 6.07) is 11.3. The number of carbonyl (C=O) groups is 2. The van der Waals surface area contributed by atoms with Crippen LogP contribution >= 0.6 is 0 Å². The number of alkyl carbamates (subject to hydrolysis) is 1.